The molecule has 3 nitrogen and oxygen atoms in total. The molecule has 2 rings (SSSR count). The van der Waals surface area contributed by atoms with E-state index in [1.165, 1.54) is 11.3 Å². The molecule has 0 aliphatic heterocycles. The van der Waals surface area contributed by atoms with Crippen molar-refractivity contribution < 1.29 is 4.79 Å². The van der Waals surface area contributed by atoms with Crippen LogP contribution in [0.15, 0.2) is 38.6 Å². The third-order valence-corrected chi connectivity index (χ3v) is 6.01. The molecule has 1 aromatic carbocycles. The molecule has 0 fully saturated rings. The van der Waals surface area contributed by atoms with Gasteiger partial charge in [-0.15, -0.1) is 11.3 Å². The maximum Gasteiger partial charge on any atom is 0.261 e. The van der Waals surface area contributed by atoms with Crippen molar-refractivity contribution >= 4 is 49.1 Å². The average Bonchev–Trinajstić information content (AvgIpc) is 2.79. The Labute approximate surface area is 137 Å². The first kappa shape index (κ1) is 15.2. The van der Waals surface area contributed by atoms with Gasteiger partial charge in [-0.05, 0) is 62.5 Å². The molecule has 1 unspecified atom stereocenters. The molecule has 2 aromatic rings. The number of thiophene rings is 1. The molecular formula is C14H10Br2N2OS. The maximum absolute atomic E-state index is 12.1. The number of carbonyl (C=O) groups excluding carboxylic acids is 1. The lowest BCUT2D eigenvalue weighted by Gasteiger charge is -2.13. The molecule has 1 N–H and O–H groups in total. The quantitative estimate of drug-likeness (QED) is 0.796. The van der Waals surface area contributed by atoms with Crippen LogP contribution in [0.4, 0.5) is 0 Å². The summed E-state index contributed by atoms with van der Waals surface area (Å²) in [5.74, 6) is -0.113. The van der Waals surface area contributed by atoms with E-state index in [4.69, 9.17) is 5.26 Å². The fourth-order valence-electron chi connectivity index (χ4n) is 1.66. The Balaban J connectivity index is 2.08. The van der Waals surface area contributed by atoms with E-state index in [0.717, 1.165) is 13.8 Å². The molecule has 0 bridgehead atoms. The van der Waals surface area contributed by atoms with Gasteiger partial charge in [0.1, 0.15) is 0 Å². The summed E-state index contributed by atoms with van der Waals surface area (Å²) in [5.41, 5.74) is 1.57. The Morgan fingerprint density at radius 2 is 2.00 bits per heavy atom. The smallest absolute Gasteiger partial charge is 0.261 e. The van der Waals surface area contributed by atoms with Crippen LogP contribution in [0.3, 0.4) is 0 Å². The predicted molar refractivity (Wildman–Crippen MR) is 86.8 cm³/mol. The fourth-order valence-corrected chi connectivity index (χ4v) is 3.59. The highest BCUT2D eigenvalue weighted by molar-refractivity contribution is 9.13. The largest absolute Gasteiger partial charge is 0.345 e. The normalized spacial score (nSPS) is 11.7. The van der Waals surface area contributed by atoms with Gasteiger partial charge in [0.15, 0.2) is 0 Å². The van der Waals surface area contributed by atoms with Crippen molar-refractivity contribution in [3.63, 3.8) is 0 Å². The molecule has 1 atom stereocenters. The molecule has 0 spiro atoms. The molecule has 0 radical (unpaired) electrons. The van der Waals surface area contributed by atoms with Gasteiger partial charge in [-0.3, -0.25) is 4.79 Å². The second-order valence-corrected chi connectivity index (χ2v) is 7.39. The number of rotatable bonds is 3. The molecule has 0 saturated heterocycles. The molecule has 1 heterocycles. The van der Waals surface area contributed by atoms with Gasteiger partial charge >= 0.3 is 0 Å². The third kappa shape index (κ3) is 3.48. The number of amides is 1. The van der Waals surface area contributed by atoms with Crippen LogP contribution in [0.2, 0.25) is 0 Å². The highest BCUT2D eigenvalue weighted by atomic mass is 79.9. The lowest BCUT2D eigenvalue weighted by atomic mass is 10.1. The molecule has 6 heteroatoms. The average molecular weight is 414 g/mol. The first-order valence-electron chi connectivity index (χ1n) is 5.77. The Hall–Kier alpha value is -1.16. The molecule has 1 amide bonds. The minimum Gasteiger partial charge on any atom is -0.345 e. The van der Waals surface area contributed by atoms with E-state index in [2.05, 4.69) is 43.2 Å². The number of nitrogens with zero attached hydrogens (tertiary/aromatic N) is 1. The predicted octanol–water partition coefficient (Wildman–Crippen LogP) is 4.64. The van der Waals surface area contributed by atoms with Gasteiger partial charge in [0.25, 0.3) is 5.91 Å². The Kier molecular flexibility index (Phi) is 4.97. The van der Waals surface area contributed by atoms with Gasteiger partial charge in [-0.1, -0.05) is 12.1 Å². The Bertz CT molecular complexity index is 654. The summed E-state index contributed by atoms with van der Waals surface area (Å²) < 4.78 is 1.77. The topological polar surface area (TPSA) is 52.9 Å². The zero-order valence-electron chi connectivity index (χ0n) is 10.5. The molecule has 0 aliphatic rings. The van der Waals surface area contributed by atoms with Crippen molar-refractivity contribution in [2.75, 3.05) is 0 Å². The number of halogens is 2. The molecule has 102 valence electrons. The van der Waals surface area contributed by atoms with Crippen molar-refractivity contribution in [3.05, 3.63) is 54.6 Å². The number of nitrogens with one attached hydrogen (secondary N) is 1. The lowest BCUT2D eigenvalue weighted by molar-refractivity contribution is 0.0944. The van der Waals surface area contributed by atoms with Crippen molar-refractivity contribution in [3.8, 4) is 6.07 Å². The van der Waals surface area contributed by atoms with Crippen LogP contribution in [0.1, 0.15) is 33.8 Å². The van der Waals surface area contributed by atoms with Crippen molar-refractivity contribution in [1.29, 1.82) is 5.26 Å². The van der Waals surface area contributed by atoms with Crippen LogP contribution in [-0.2, 0) is 0 Å². The van der Waals surface area contributed by atoms with Crippen LogP contribution in [0.5, 0.6) is 0 Å². The number of benzene rings is 1. The first-order chi connectivity index (χ1) is 9.51. The molecular weight excluding hydrogens is 404 g/mol. The van der Waals surface area contributed by atoms with Crippen LogP contribution < -0.4 is 5.32 Å². The SMILES string of the molecule is CC(NC(=O)c1cc(Br)c(Br)s1)c1ccc(C#N)cc1. The summed E-state index contributed by atoms with van der Waals surface area (Å²) in [6.45, 7) is 1.91. The van der Waals surface area contributed by atoms with Crippen LogP contribution in [0.25, 0.3) is 0 Å². The van der Waals surface area contributed by atoms with E-state index in [1.807, 2.05) is 19.1 Å². The highest BCUT2D eigenvalue weighted by Crippen LogP contribution is 2.32. The van der Waals surface area contributed by atoms with Crippen molar-refractivity contribution in [1.82, 2.24) is 5.32 Å². The summed E-state index contributed by atoms with van der Waals surface area (Å²) in [5, 5.41) is 11.7. The molecule has 20 heavy (non-hydrogen) atoms. The number of carbonyl (C=O) groups is 1. The lowest BCUT2D eigenvalue weighted by Crippen LogP contribution is -2.25. The third-order valence-electron chi connectivity index (χ3n) is 2.76. The second-order valence-electron chi connectivity index (χ2n) is 4.16. The zero-order valence-corrected chi connectivity index (χ0v) is 14.5. The standard InChI is InChI=1S/C14H10Br2N2OS/c1-8(10-4-2-9(7-17)3-5-10)18-14(19)12-6-11(15)13(16)20-12/h2-6,8H,1H3,(H,18,19). The van der Waals surface area contributed by atoms with E-state index < -0.39 is 0 Å². The number of nitriles is 1. The van der Waals surface area contributed by atoms with E-state index >= 15 is 0 Å². The van der Waals surface area contributed by atoms with Crippen molar-refractivity contribution in [2.24, 2.45) is 0 Å². The summed E-state index contributed by atoms with van der Waals surface area (Å²) in [4.78, 5) is 12.8. The van der Waals surface area contributed by atoms with E-state index in [-0.39, 0.29) is 11.9 Å². The summed E-state index contributed by atoms with van der Waals surface area (Å²) in [6, 6.07) is 10.9. The first-order valence-corrected chi connectivity index (χ1v) is 8.17. The van der Waals surface area contributed by atoms with Crippen LogP contribution >= 0.6 is 43.2 Å². The van der Waals surface area contributed by atoms with Gasteiger partial charge in [0.2, 0.25) is 0 Å². The van der Waals surface area contributed by atoms with E-state index in [9.17, 15) is 4.79 Å². The summed E-state index contributed by atoms with van der Waals surface area (Å²) >= 11 is 8.12. The number of hydrogen-bond donors (Lipinski definition) is 1. The number of hydrogen-bond acceptors (Lipinski definition) is 3. The Morgan fingerprint density at radius 1 is 1.35 bits per heavy atom. The Morgan fingerprint density at radius 3 is 2.50 bits per heavy atom. The van der Waals surface area contributed by atoms with E-state index in [0.29, 0.717) is 10.4 Å². The van der Waals surface area contributed by atoms with Crippen LogP contribution in [0, 0.1) is 11.3 Å². The van der Waals surface area contributed by atoms with Gasteiger partial charge in [0, 0.05) is 4.47 Å². The maximum atomic E-state index is 12.1. The fraction of sp³-hybridized carbons (Fsp3) is 0.143. The monoisotopic (exact) mass is 412 g/mol. The summed E-state index contributed by atoms with van der Waals surface area (Å²) in [6.07, 6.45) is 0. The second kappa shape index (κ2) is 6.53. The highest BCUT2D eigenvalue weighted by Gasteiger charge is 2.15. The molecule has 0 aliphatic carbocycles. The van der Waals surface area contributed by atoms with Gasteiger partial charge < -0.3 is 5.32 Å². The zero-order chi connectivity index (χ0) is 14.7. The molecule has 0 saturated carbocycles. The van der Waals surface area contributed by atoms with Crippen LogP contribution in [-0.4, -0.2) is 5.91 Å². The minimum absolute atomic E-state index is 0.113. The minimum atomic E-state index is -0.116. The summed E-state index contributed by atoms with van der Waals surface area (Å²) in [7, 11) is 0. The van der Waals surface area contributed by atoms with Gasteiger partial charge in [0.05, 0.1) is 26.3 Å². The molecule has 1 aromatic heterocycles. The van der Waals surface area contributed by atoms with Gasteiger partial charge in [-0.25, -0.2) is 0 Å². The van der Waals surface area contributed by atoms with Gasteiger partial charge in [-0.2, -0.15) is 5.26 Å². The van der Waals surface area contributed by atoms with E-state index in [1.54, 1.807) is 18.2 Å². The van der Waals surface area contributed by atoms with Crippen molar-refractivity contribution in [2.45, 2.75) is 13.0 Å².